The van der Waals surface area contributed by atoms with E-state index in [1.165, 1.54) is 0 Å². The molecule has 1 amide bonds. The molecule has 1 N–H and O–H groups in total. The molecule has 0 spiro atoms. The molecule has 1 unspecified atom stereocenters. The third-order valence-electron chi connectivity index (χ3n) is 4.36. The van der Waals surface area contributed by atoms with Crippen molar-refractivity contribution in [2.45, 2.75) is 32.9 Å². The van der Waals surface area contributed by atoms with E-state index < -0.39 is 0 Å². The fourth-order valence-corrected chi connectivity index (χ4v) is 2.90. The van der Waals surface area contributed by atoms with Crippen LogP contribution in [-0.2, 0) is 17.8 Å². The van der Waals surface area contributed by atoms with Gasteiger partial charge in [-0.2, -0.15) is 0 Å². The zero-order chi connectivity index (χ0) is 17.6. The van der Waals surface area contributed by atoms with E-state index in [-0.39, 0.29) is 6.04 Å². The maximum absolute atomic E-state index is 10.9. The standard InChI is InChI=1S/C21H23NO3/c1-15(2)19(22-14-23)11-17-10-18-8-9-24-21(18)20(12-17)25-13-16-6-4-3-5-7-16/h3-10,12,14-15,19H,11,13H2,1-2H3,(H,22,23). The lowest BCUT2D eigenvalue weighted by Gasteiger charge is -2.20. The number of rotatable bonds is 8. The van der Waals surface area contributed by atoms with Crippen molar-refractivity contribution in [3.05, 3.63) is 65.9 Å². The summed E-state index contributed by atoms with van der Waals surface area (Å²) in [6.07, 6.45) is 3.19. The van der Waals surface area contributed by atoms with E-state index in [0.717, 1.165) is 40.7 Å². The normalized spacial score (nSPS) is 12.3. The molecule has 0 bridgehead atoms. The van der Waals surface area contributed by atoms with Crippen LogP contribution >= 0.6 is 0 Å². The van der Waals surface area contributed by atoms with Gasteiger partial charge in [0, 0.05) is 11.4 Å². The average molecular weight is 337 g/mol. The third kappa shape index (κ3) is 4.21. The molecule has 0 fully saturated rings. The van der Waals surface area contributed by atoms with Crippen LogP contribution in [0.4, 0.5) is 0 Å². The number of ether oxygens (including phenoxy) is 1. The van der Waals surface area contributed by atoms with Crippen LogP contribution in [0.2, 0.25) is 0 Å². The number of carbonyl (C=O) groups is 1. The minimum absolute atomic E-state index is 0.0869. The highest BCUT2D eigenvalue weighted by molar-refractivity contribution is 5.84. The maximum atomic E-state index is 10.9. The first kappa shape index (κ1) is 17.1. The highest BCUT2D eigenvalue weighted by Crippen LogP contribution is 2.30. The number of fused-ring (bicyclic) bond motifs is 1. The number of hydrogen-bond acceptors (Lipinski definition) is 3. The fourth-order valence-electron chi connectivity index (χ4n) is 2.90. The molecule has 1 heterocycles. The molecule has 0 aliphatic heterocycles. The minimum atomic E-state index is 0.0869. The van der Waals surface area contributed by atoms with Crippen LogP contribution in [0, 0.1) is 5.92 Å². The first-order chi connectivity index (χ1) is 12.2. The smallest absolute Gasteiger partial charge is 0.207 e. The molecular formula is C21H23NO3. The summed E-state index contributed by atoms with van der Waals surface area (Å²) in [4.78, 5) is 10.9. The van der Waals surface area contributed by atoms with Gasteiger partial charge in [-0.25, -0.2) is 0 Å². The van der Waals surface area contributed by atoms with Crippen molar-refractivity contribution in [1.29, 1.82) is 0 Å². The second-order valence-corrected chi connectivity index (χ2v) is 6.55. The predicted octanol–water partition coefficient (Wildman–Crippen LogP) is 4.32. The summed E-state index contributed by atoms with van der Waals surface area (Å²) in [5, 5.41) is 3.91. The van der Waals surface area contributed by atoms with Gasteiger partial charge in [0.1, 0.15) is 6.61 Å². The Balaban J connectivity index is 1.84. The summed E-state index contributed by atoms with van der Waals surface area (Å²) in [7, 11) is 0. The monoisotopic (exact) mass is 337 g/mol. The van der Waals surface area contributed by atoms with E-state index in [1.54, 1.807) is 6.26 Å². The van der Waals surface area contributed by atoms with Crippen LogP contribution < -0.4 is 10.1 Å². The Labute approximate surface area is 147 Å². The van der Waals surface area contributed by atoms with Gasteiger partial charge < -0.3 is 14.5 Å². The van der Waals surface area contributed by atoms with Gasteiger partial charge in [-0.15, -0.1) is 0 Å². The van der Waals surface area contributed by atoms with Crippen molar-refractivity contribution in [1.82, 2.24) is 5.32 Å². The van der Waals surface area contributed by atoms with Crippen LogP contribution in [0.15, 0.2) is 59.2 Å². The van der Waals surface area contributed by atoms with Crippen LogP contribution in [0.25, 0.3) is 11.0 Å². The van der Waals surface area contributed by atoms with Gasteiger partial charge in [-0.05, 0) is 41.7 Å². The first-order valence-corrected chi connectivity index (χ1v) is 8.54. The number of carbonyl (C=O) groups excluding carboxylic acids is 1. The first-order valence-electron chi connectivity index (χ1n) is 8.54. The van der Waals surface area contributed by atoms with E-state index in [0.29, 0.717) is 12.5 Å². The van der Waals surface area contributed by atoms with Gasteiger partial charge in [-0.3, -0.25) is 4.79 Å². The summed E-state index contributed by atoms with van der Waals surface area (Å²) in [5.41, 5.74) is 2.98. The minimum Gasteiger partial charge on any atom is -0.485 e. The molecule has 0 saturated carbocycles. The Bertz CT molecular complexity index is 824. The average Bonchev–Trinajstić information content (AvgIpc) is 3.09. The molecule has 4 heteroatoms. The van der Waals surface area contributed by atoms with Crippen molar-refractivity contribution in [2.75, 3.05) is 0 Å². The van der Waals surface area contributed by atoms with Crippen LogP contribution in [0.3, 0.4) is 0 Å². The number of hydrogen-bond donors (Lipinski definition) is 1. The molecule has 1 aromatic heterocycles. The summed E-state index contributed by atoms with van der Waals surface area (Å²) < 4.78 is 11.6. The molecule has 0 saturated heterocycles. The lowest BCUT2D eigenvalue weighted by atomic mass is 9.96. The Kier molecular flexibility index (Phi) is 5.39. The van der Waals surface area contributed by atoms with E-state index >= 15 is 0 Å². The number of furan rings is 1. The van der Waals surface area contributed by atoms with E-state index in [9.17, 15) is 4.79 Å². The Morgan fingerprint density at radius 2 is 1.92 bits per heavy atom. The molecule has 3 rings (SSSR count). The summed E-state index contributed by atoms with van der Waals surface area (Å²) >= 11 is 0. The van der Waals surface area contributed by atoms with Crippen molar-refractivity contribution < 1.29 is 13.9 Å². The molecule has 0 aliphatic carbocycles. The molecule has 0 aliphatic rings. The topological polar surface area (TPSA) is 51.5 Å². The van der Waals surface area contributed by atoms with Crippen LogP contribution in [-0.4, -0.2) is 12.5 Å². The van der Waals surface area contributed by atoms with Crippen molar-refractivity contribution in [3.63, 3.8) is 0 Å². The second-order valence-electron chi connectivity index (χ2n) is 6.55. The number of amides is 1. The van der Waals surface area contributed by atoms with Gasteiger partial charge in [0.15, 0.2) is 11.3 Å². The second kappa shape index (κ2) is 7.88. The van der Waals surface area contributed by atoms with E-state index in [4.69, 9.17) is 9.15 Å². The highest BCUT2D eigenvalue weighted by Gasteiger charge is 2.16. The van der Waals surface area contributed by atoms with Gasteiger partial charge in [0.25, 0.3) is 0 Å². The molecule has 130 valence electrons. The predicted molar refractivity (Wildman–Crippen MR) is 98.5 cm³/mol. The lowest BCUT2D eigenvalue weighted by molar-refractivity contribution is -0.110. The molecule has 4 nitrogen and oxygen atoms in total. The van der Waals surface area contributed by atoms with Gasteiger partial charge in [-0.1, -0.05) is 44.2 Å². The summed E-state index contributed by atoms with van der Waals surface area (Å²) in [6.45, 7) is 4.69. The summed E-state index contributed by atoms with van der Waals surface area (Å²) in [6, 6.07) is 16.2. The third-order valence-corrected chi connectivity index (χ3v) is 4.36. The zero-order valence-electron chi connectivity index (χ0n) is 14.6. The van der Waals surface area contributed by atoms with Gasteiger partial charge in [0.05, 0.1) is 6.26 Å². The molecule has 3 aromatic rings. The van der Waals surface area contributed by atoms with Gasteiger partial charge in [0.2, 0.25) is 6.41 Å². The van der Waals surface area contributed by atoms with Crippen molar-refractivity contribution >= 4 is 17.4 Å². The molecule has 25 heavy (non-hydrogen) atoms. The highest BCUT2D eigenvalue weighted by atomic mass is 16.5. The van der Waals surface area contributed by atoms with E-state index in [1.807, 2.05) is 42.5 Å². The molecular weight excluding hydrogens is 314 g/mol. The molecule has 1 atom stereocenters. The van der Waals surface area contributed by atoms with Gasteiger partial charge >= 0.3 is 0 Å². The Hall–Kier alpha value is -2.75. The van der Waals surface area contributed by atoms with Crippen LogP contribution in [0.5, 0.6) is 5.75 Å². The number of benzene rings is 2. The fraction of sp³-hybridized carbons (Fsp3) is 0.286. The molecule has 2 aromatic carbocycles. The SMILES string of the molecule is CC(C)C(Cc1cc(OCc2ccccc2)c2occc2c1)NC=O. The quantitative estimate of drug-likeness (QED) is 0.623. The lowest BCUT2D eigenvalue weighted by Crippen LogP contribution is -2.34. The zero-order valence-corrected chi connectivity index (χ0v) is 14.6. The van der Waals surface area contributed by atoms with Crippen molar-refractivity contribution in [3.8, 4) is 5.75 Å². The van der Waals surface area contributed by atoms with Crippen molar-refractivity contribution in [2.24, 2.45) is 5.92 Å². The van der Waals surface area contributed by atoms with Crippen LogP contribution in [0.1, 0.15) is 25.0 Å². The number of nitrogens with one attached hydrogen (secondary N) is 1. The Morgan fingerprint density at radius 1 is 1.12 bits per heavy atom. The van der Waals surface area contributed by atoms with E-state index in [2.05, 4.69) is 25.2 Å². The maximum Gasteiger partial charge on any atom is 0.207 e. The largest absolute Gasteiger partial charge is 0.485 e. The summed E-state index contributed by atoms with van der Waals surface area (Å²) in [5.74, 6) is 1.08. The molecule has 0 radical (unpaired) electrons. The Morgan fingerprint density at radius 3 is 2.64 bits per heavy atom.